The molecule has 2 unspecified atom stereocenters. The highest BCUT2D eigenvalue weighted by atomic mass is 35.5. The molecule has 0 aliphatic heterocycles. The fraction of sp³-hybridized carbons (Fsp3) is 0.800. The number of hydrogen-bond acceptors (Lipinski definition) is 4. The second-order valence-corrected chi connectivity index (χ2v) is 3.53. The van der Waals surface area contributed by atoms with Crippen molar-refractivity contribution in [2.75, 3.05) is 13.7 Å². The molecule has 0 radical (unpaired) electrons. The number of carbonyl (C=O) groups excluding carboxylic acids is 2. The van der Waals surface area contributed by atoms with Gasteiger partial charge in [-0.1, -0.05) is 20.3 Å². The molecule has 0 aromatic rings. The summed E-state index contributed by atoms with van der Waals surface area (Å²) in [6.07, 6.45) is 1.03. The third-order valence-electron chi connectivity index (χ3n) is 2.42. The molecule has 0 aromatic heterocycles. The first kappa shape index (κ1) is 17.6. The van der Waals surface area contributed by atoms with Crippen molar-refractivity contribution >= 4 is 24.3 Å². The van der Waals surface area contributed by atoms with Crippen LogP contribution >= 0.6 is 12.4 Å². The number of ether oxygens (including phenoxy) is 1. The summed E-state index contributed by atoms with van der Waals surface area (Å²) in [4.78, 5) is 22.2. The average Bonchev–Trinajstić information content (AvgIpc) is 2.26. The van der Waals surface area contributed by atoms with Crippen LogP contribution < -0.4 is 11.1 Å². The van der Waals surface area contributed by atoms with Gasteiger partial charge in [0.05, 0.1) is 19.6 Å². The summed E-state index contributed by atoms with van der Waals surface area (Å²) in [5.41, 5.74) is 5.69. The maximum Gasteiger partial charge on any atom is 0.307 e. The van der Waals surface area contributed by atoms with Crippen molar-refractivity contribution in [2.24, 2.45) is 11.7 Å². The van der Waals surface area contributed by atoms with Crippen LogP contribution in [0.4, 0.5) is 0 Å². The van der Waals surface area contributed by atoms with E-state index in [9.17, 15) is 9.59 Å². The van der Waals surface area contributed by atoms with Gasteiger partial charge in [-0.2, -0.15) is 0 Å². The maximum atomic E-state index is 11.4. The summed E-state index contributed by atoms with van der Waals surface area (Å²) < 4.78 is 4.44. The van der Waals surface area contributed by atoms with Gasteiger partial charge in [0.1, 0.15) is 0 Å². The lowest BCUT2D eigenvalue weighted by atomic mass is 9.99. The zero-order chi connectivity index (χ0) is 11.8. The van der Waals surface area contributed by atoms with Gasteiger partial charge in [0.15, 0.2) is 0 Å². The highest BCUT2D eigenvalue weighted by molar-refractivity contribution is 5.85. The van der Waals surface area contributed by atoms with Crippen molar-refractivity contribution in [1.29, 1.82) is 0 Å². The molecule has 0 rings (SSSR count). The van der Waals surface area contributed by atoms with Crippen LogP contribution in [0, 0.1) is 5.92 Å². The zero-order valence-electron chi connectivity index (χ0n) is 9.99. The largest absolute Gasteiger partial charge is 0.469 e. The Balaban J connectivity index is 0. The lowest BCUT2D eigenvalue weighted by Gasteiger charge is -2.17. The number of amides is 1. The van der Waals surface area contributed by atoms with Gasteiger partial charge in [0.2, 0.25) is 5.91 Å². The van der Waals surface area contributed by atoms with Crippen molar-refractivity contribution < 1.29 is 14.3 Å². The molecule has 2 atom stereocenters. The molecule has 0 fully saturated rings. The zero-order valence-corrected chi connectivity index (χ0v) is 10.8. The fourth-order valence-corrected chi connectivity index (χ4v) is 1.02. The minimum absolute atomic E-state index is 0. The summed E-state index contributed by atoms with van der Waals surface area (Å²) >= 11 is 0. The van der Waals surface area contributed by atoms with Crippen molar-refractivity contribution in [3.63, 3.8) is 0 Å². The molecule has 0 spiro atoms. The van der Waals surface area contributed by atoms with E-state index in [1.807, 2.05) is 13.8 Å². The van der Waals surface area contributed by atoms with E-state index in [4.69, 9.17) is 5.73 Å². The van der Waals surface area contributed by atoms with Crippen LogP contribution in [-0.4, -0.2) is 31.6 Å². The lowest BCUT2D eigenvalue weighted by Crippen LogP contribution is -2.45. The summed E-state index contributed by atoms with van der Waals surface area (Å²) in [6.45, 7) is 4.17. The van der Waals surface area contributed by atoms with Crippen LogP contribution in [-0.2, 0) is 14.3 Å². The molecule has 0 aromatic carbocycles. The van der Waals surface area contributed by atoms with Gasteiger partial charge in [-0.05, 0) is 5.92 Å². The summed E-state index contributed by atoms with van der Waals surface area (Å²) in [5.74, 6) is -0.413. The Morgan fingerprint density at radius 1 is 1.44 bits per heavy atom. The van der Waals surface area contributed by atoms with E-state index >= 15 is 0 Å². The van der Waals surface area contributed by atoms with Gasteiger partial charge < -0.3 is 15.8 Å². The molecule has 96 valence electrons. The van der Waals surface area contributed by atoms with Crippen molar-refractivity contribution in [3.05, 3.63) is 0 Å². The van der Waals surface area contributed by atoms with E-state index in [-0.39, 0.29) is 43.2 Å². The van der Waals surface area contributed by atoms with Crippen molar-refractivity contribution in [2.45, 2.75) is 32.7 Å². The lowest BCUT2D eigenvalue weighted by molar-refractivity contribution is -0.140. The third kappa shape index (κ3) is 6.63. The molecule has 0 aliphatic rings. The van der Waals surface area contributed by atoms with E-state index in [2.05, 4.69) is 10.1 Å². The van der Waals surface area contributed by atoms with Crippen LogP contribution in [0.3, 0.4) is 0 Å². The summed E-state index contributed by atoms with van der Waals surface area (Å²) in [6, 6.07) is -0.507. The van der Waals surface area contributed by atoms with Crippen LogP contribution in [0.1, 0.15) is 26.7 Å². The molecule has 0 saturated carbocycles. The molecule has 1 amide bonds. The predicted octanol–water partition coefficient (Wildman–Crippen LogP) is 0.461. The van der Waals surface area contributed by atoms with E-state index in [1.54, 1.807) is 0 Å². The van der Waals surface area contributed by atoms with E-state index < -0.39 is 6.04 Å². The van der Waals surface area contributed by atoms with Crippen LogP contribution in [0.5, 0.6) is 0 Å². The van der Waals surface area contributed by atoms with Crippen molar-refractivity contribution in [3.8, 4) is 0 Å². The second kappa shape index (κ2) is 9.42. The first-order valence-electron chi connectivity index (χ1n) is 5.13. The van der Waals surface area contributed by atoms with Gasteiger partial charge >= 0.3 is 5.97 Å². The molecular weight excluding hydrogens is 232 g/mol. The minimum Gasteiger partial charge on any atom is -0.469 e. The van der Waals surface area contributed by atoms with Gasteiger partial charge in [0, 0.05) is 6.54 Å². The van der Waals surface area contributed by atoms with E-state index in [0.717, 1.165) is 6.42 Å². The Morgan fingerprint density at radius 3 is 2.44 bits per heavy atom. The average molecular weight is 253 g/mol. The molecular formula is C10H21ClN2O3. The minimum atomic E-state index is -0.507. The number of rotatable bonds is 6. The Hall–Kier alpha value is -0.810. The van der Waals surface area contributed by atoms with Crippen LogP contribution in [0.2, 0.25) is 0 Å². The standard InChI is InChI=1S/C10H20N2O3.ClH/c1-4-7(2)9(11)10(14)12-6-5-8(13)15-3;/h7,9H,4-6,11H2,1-3H3,(H,12,14);1H. The number of nitrogens with two attached hydrogens (primary N) is 1. The Morgan fingerprint density at radius 2 is 2.00 bits per heavy atom. The molecule has 6 heteroatoms. The number of esters is 1. The van der Waals surface area contributed by atoms with Gasteiger partial charge in [-0.15, -0.1) is 12.4 Å². The SMILES string of the molecule is CCC(C)C(N)C(=O)NCCC(=O)OC.Cl. The van der Waals surface area contributed by atoms with Gasteiger partial charge in [-0.25, -0.2) is 0 Å². The smallest absolute Gasteiger partial charge is 0.307 e. The maximum absolute atomic E-state index is 11.4. The molecule has 0 aliphatic carbocycles. The fourth-order valence-electron chi connectivity index (χ4n) is 1.02. The molecule has 0 bridgehead atoms. The molecule has 16 heavy (non-hydrogen) atoms. The monoisotopic (exact) mass is 252 g/mol. The Bertz CT molecular complexity index is 224. The number of carbonyl (C=O) groups is 2. The molecule has 0 saturated heterocycles. The quantitative estimate of drug-likeness (QED) is 0.673. The number of methoxy groups -OCH3 is 1. The highest BCUT2D eigenvalue weighted by Crippen LogP contribution is 2.04. The van der Waals surface area contributed by atoms with Gasteiger partial charge in [0.25, 0.3) is 0 Å². The normalized spacial score (nSPS) is 13.2. The summed E-state index contributed by atoms with van der Waals surface area (Å²) in [7, 11) is 1.31. The van der Waals surface area contributed by atoms with Crippen molar-refractivity contribution in [1.82, 2.24) is 5.32 Å². The molecule has 5 nitrogen and oxygen atoms in total. The molecule has 3 N–H and O–H groups in total. The van der Waals surface area contributed by atoms with Crippen LogP contribution in [0.15, 0.2) is 0 Å². The van der Waals surface area contributed by atoms with E-state index in [1.165, 1.54) is 7.11 Å². The van der Waals surface area contributed by atoms with Gasteiger partial charge in [-0.3, -0.25) is 9.59 Å². The first-order valence-corrected chi connectivity index (χ1v) is 5.13. The highest BCUT2D eigenvalue weighted by Gasteiger charge is 2.18. The predicted molar refractivity (Wildman–Crippen MR) is 64.3 cm³/mol. The number of hydrogen-bond donors (Lipinski definition) is 2. The first-order chi connectivity index (χ1) is 7.02. The number of nitrogens with one attached hydrogen (secondary N) is 1. The number of halogens is 1. The second-order valence-electron chi connectivity index (χ2n) is 3.53. The third-order valence-corrected chi connectivity index (χ3v) is 2.42. The summed E-state index contributed by atoms with van der Waals surface area (Å²) in [5, 5.41) is 2.60. The Labute approximate surface area is 103 Å². The molecule has 0 heterocycles. The van der Waals surface area contributed by atoms with E-state index in [0.29, 0.717) is 0 Å². The Kier molecular flexibility index (Phi) is 10.3. The van der Waals surface area contributed by atoms with Crippen LogP contribution in [0.25, 0.3) is 0 Å². The topological polar surface area (TPSA) is 81.4 Å².